The van der Waals surface area contributed by atoms with Crippen LogP contribution in [0.1, 0.15) is 18.4 Å². The molecular formula is C16H19FN4O3S2. The van der Waals surface area contributed by atoms with E-state index in [0.717, 1.165) is 5.56 Å². The number of ether oxygens (including phenoxy) is 1. The fourth-order valence-electron chi connectivity index (χ4n) is 1.86. The summed E-state index contributed by atoms with van der Waals surface area (Å²) in [5.41, 5.74) is 0.933. The first kappa shape index (κ1) is 20.1. The van der Waals surface area contributed by atoms with E-state index in [4.69, 9.17) is 0 Å². The number of nitrogens with one attached hydrogen (secondary N) is 2. The normalized spacial score (nSPS) is 10.4. The maximum Gasteiger partial charge on any atom is 0.305 e. The molecule has 0 unspecified atom stereocenters. The zero-order valence-corrected chi connectivity index (χ0v) is 15.8. The Bertz CT molecular complexity index is 725. The number of nitrogens with zero attached hydrogens (tertiary/aromatic N) is 2. The van der Waals surface area contributed by atoms with Crippen molar-refractivity contribution in [3.63, 3.8) is 0 Å². The van der Waals surface area contributed by atoms with Gasteiger partial charge in [0.2, 0.25) is 11.0 Å². The molecule has 0 spiro atoms. The second-order valence-electron chi connectivity index (χ2n) is 5.17. The van der Waals surface area contributed by atoms with Gasteiger partial charge in [-0.3, -0.25) is 9.59 Å². The van der Waals surface area contributed by atoms with Crippen LogP contribution in [0.2, 0.25) is 0 Å². The molecule has 26 heavy (non-hydrogen) atoms. The maximum absolute atomic E-state index is 12.9. The number of carbonyl (C=O) groups excluding carboxylic acids is 2. The zero-order chi connectivity index (χ0) is 18.8. The van der Waals surface area contributed by atoms with Crippen molar-refractivity contribution in [2.24, 2.45) is 0 Å². The number of thioether (sulfide) groups is 1. The second kappa shape index (κ2) is 10.7. The van der Waals surface area contributed by atoms with Crippen LogP contribution >= 0.6 is 23.1 Å². The molecule has 1 heterocycles. The molecule has 10 heteroatoms. The van der Waals surface area contributed by atoms with Crippen molar-refractivity contribution in [3.05, 3.63) is 35.6 Å². The Morgan fingerprint density at radius 1 is 1.27 bits per heavy atom. The molecular weight excluding hydrogens is 379 g/mol. The Hall–Kier alpha value is -2.20. The molecule has 140 valence electrons. The van der Waals surface area contributed by atoms with Crippen molar-refractivity contribution >= 4 is 40.1 Å². The summed E-state index contributed by atoms with van der Waals surface area (Å²) in [5, 5.41) is 14.5. The largest absolute Gasteiger partial charge is 0.469 e. The number of halogens is 1. The summed E-state index contributed by atoms with van der Waals surface area (Å²) in [6.45, 7) is 0.940. The first-order valence-electron chi connectivity index (χ1n) is 7.85. The maximum atomic E-state index is 12.9. The number of hydrogen-bond acceptors (Lipinski definition) is 8. The molecule has 0 fully saturated rings. The molecule has 1 amide bonds. The third kappa shape index (κ3) is 7.36. The fourth-order valence-corrected chi connectivity index (χ4v) is 3.44. The summed E-state index contributed by atoms with van der Waals surface area (Å²) in [7, 11) is 1.34. The fraction of sp³-hybridized carbons (Fsp3) is 0.375. The molecule has 2 aromatic rings. The minimum Gasteiger partial charge on any atom is -0.469 e. The molecule has 0 saturated carbocycles. The highest BCUT2D eigenvalue weighted by atomic mass is 32.2. The molecule has 0 aliphatic heterocycles. The SMILES string of the molecule is COC(=O)CCCNC(=O)CSc1nnc(NCc2ccc(F)cc2)s1. The third-order valence-electron chi connectivity index (χ3n) is 3.20. The highest BCUT2D eigenvalue weighted by Crippen LogP contribution is 2.25. The lowest BCUT2D eigenvalue weighted by molar-refractivity contribution is -0.140. The van der Waals surface area contributed by atoms with Gasteiger partial charge < -0.3 is 15.4 Å². The number of anilines is 1. The topological polar surface area (TPSA) is 93.2 Å². The van der Waals surface area contributed by atoms with E-state index in [9.17, 15) is 14.0 Å². The summed E-state index contributed by atoms with van der Waals surface area (Å²) >= 11 is 2.64. The zero-order valence-electron chi connectivity index (χ0n) is 14.2. The molecule has 0 bridgehead atoms. The van der Waals surface area contributed by atoms with Crippen molar-refractivity contribution in [1.82, 2.24) is 15.5 Å². The van der Waals surface area contributed by atoms with E-state index in [0.29, 0.717) is 29.0 Å². The van der Waals surface area contributed by atoms with E-state index in [-0.39, 0.29) is 29.9 Å². The second-order valence-corrected chi connectivity index (χ2v) is 7.37. The number of hydrogen-bond donors (Lipinski definition) is 2. The predicted octanol–water partition coefficient (Wildman–Crippen LogP) is 2.45. The van der Waals surface area contributed by atoms with Crippen LogP contribution in [0, 0.1) is 5.82 Å². The first-order chi connectivity index (χ1) is 12.6. The van der Waals surface area contributed by atoms with Crippen LogP contribution in [0.25, 0.3) is 0 Å². The van der Waals surface area contributed by atoms with Crippen LogP contribution in [0.5, 0.6) is 0 Å². The monoisotopic (exact) mass is 398 g/mol. The molecule has 7 nitrogen and oxygen atoms in total. The average Bonchev–Trinajstić information content (AvgIpc) is 3.11. The Morgan fingerprint density at radius 3 is 2.77 bits per heavy atom. The lowest BCUT2D eigenvalue weighted by Gasteiger charge is -2.03. The molecule has 0 aliphatic rings. The highest BCUT2D eigenvalue weighted by Gasteiger charge is 2.08. The lowest BCUT2D eigenvalue weighted by Crippen LogP contribution is -2.26. The van der Waals surface area contributed by atoms with Crippen molar-refractivity contribution in [3.8, 4) is 0 Å². The number of methoxy groups -OCH3 is 1. The number of rotatable bonds is 10. The van der Waals surface area contributed by atoms with Crippen LogP contribution in [-0.2, 0) is 20.9 Å². The Morgan fingerprint density at radius 2 is 2.04 bits per heavy atom. The van der Waals surface area contributed by atoms with E-state index >= 15 is 0 Å². The number of benzene rings is 1. The van der Waals surface area contributed by atoms with Gasteiger partial charge in [-0.15, -0.1) is 10.2 Å². The van der Waals surface area contributed by atoms with Gasteiger partial charge in [-0.2, -0.15) is 0 Å². The van der Waals surface area contributed by atoms with E-state index in [1.54, 1.807) is 12.1 Å². The first-order valence-corrected chi connectivity index (χ1v) is 9.65. The Balaban J connectivity index is 1.65. The van der Waals surface area contributed by atoms with Gasteiger partial charge in [-0.1, -0.05) is 35.2 Å². The van der Waals surface area contributed by atoms with Gasteiger partial charge in [-0.05, 0) is 24.1 Å². The van der Waals surface area contributed by atoms with Gasteiger partial charge in [0.1, 0.15) is 5.82 Å². The standard InChI is InChI=1S/C16H19FN4O3S2/c1-24-14(23)3-2-8-18-13(22)10-25-16-21-20-15(26-16)19-9-11-4-6-12(17)7-5-11/h4-7H,2-3,8-10H2,1H3,(H,18,22)(H,19,20). The van der Waals surface area contributed by atoms with Gasteiger partial charge in [0.15, 0.2) is 4.34 Å². The van der Waals surface area contributed by atoms with Crippen molar-refractivity contribution < 1.29 is 18.7 Å². The quantitative estimate of drug-likeness (QED) is 0.361. The van der Waals surface area contributed by atoms with Gasteiger partial charge in [-0.25, -0.2) is 4.39 Å². The van der Waals surface area contributed by atoms with E-state index in [1.807, 2.05) is 0 Å². The molecule has 0 radical (unpaired) electrons. The minimum absolute atomic E-state index is 0.129. The van der Waals surface area contributed by atoms with Gasteiger partial charge >= 0.3 is 5.97 Å². The third-order valence-corrected chi connectivity index (χ3v) is 5.21. The summed E-state index contributed by atoms with van der Waals surface area (Å²) in [5.74, 6) is -0.462. The number of aromatic nitrogens is 2. The number of carbonyl (C=O) groups is 2. The Kier molecular flexibility index (Phi) is 8.29. The van der Waals surface area contributed by atoms with Crippen LogP contribution in [0.15, 0.2) is 28.6 Å². The molecule has 0 saturated heterocycles. The van der Waals surface area contributed by atoms with Crippen LogP contribution in [-0.4, -0.2) is 41.5 Å². The molecule has 1 aromatic carbocycles. The van der Waals surface area contributed by atoms with Gasteiger partial charge in [0.25, 0.3) is 0 Å². The van der Waals surface area contributed by atoms with Crippen molar-refractivity contribution in [1.29, 1.82) is 0 Å². The predicted molar refractivity (Wildman–Crippen MR) is 98.6 cm³/mol. The van der Waals surface area contributed by atoms with E-state index in [2.05, 4.69) is 25.6 Å². The molecule has 2 rings (SSSR count). The number of esters is 1. The summed E-state index contributed by atoms with van der Waals surface area (Å²) in [4.78, 5) is 22.7. The summed E-state index contributed by atoms with van der Waals surface area (Å²) in [6.07, 6.45) is 0.822. The molecule has 1 aromatic heterocycles. The van der Waals surface area contributed by atoms with Crippen LogP contribution < -0.4 is 10.6 Å². The molecule has 0 atom stereocenters. The van der Waals surface area contributed by atoms with Crippen molar-refractivity contribution in [2.45, 2.75) is 23.7 Å². The minimum atomic E-state index is -0.289. The van der Waals surface area contributed by atoms with Gasteiger partial charge in [0, 0.05) is 19.5 Å². The summed E-state index contributed by atoms with van der Waals surface area (Å²) < 4.78 is 18.1. The van der Waals surface area contributed by atoms with E-state index < -0.39 is 0 Å². The highest BCUT2D eigenvalue weighted by molar-refractivity contribution is 8.01. The Labute approximate surface area is 158 Å². The average molecular weight is 398 g/mol. The van der Waals surface area contributed by atoms with Crippen LogP contribution in [0.4, 0.5) is 9.52 Å². The van der Waals surface area contributed by atoms with Crippen molar-refractivity contribution in [2.75, 3.05) is 24.7 Å². The summed E-state index contributed by atoms with van der Waals surface area (Å²) in [6, 6.07) is 6.21. The molecule has 0 aliphatic carbocycles. The van der Waals surface area contributed by atoms with E-state index in [1.165, 1.54) is 42.3 Å². The lowest BCUT2D eigenvalue weighted by atomic mass is 10.2. The van der Waals surface area contributed by atoms with Gasteiger partial charge in [0.05, 0.1) is 12.9 Å². The van der Waals surface area contributed by atoms with Crippen LogP contribution in [0.3, 0.4) is 0 Å². The molecule has 2 N–H and O–H groups in total. The smallest absolute Gasteiger partial charge is 0.305 e. The number of amides is 1.